The van der Waals surface area contributed by atoms with Gasteiger partial charge in [0.05, 0.1) is 5.30 Å². The maximum atomic E-state index is 13.0. The number of hydrogen-bond donors (Lipinski definition) is 1. The van der Waals surface area contributed by atoms with Gasteiger partial charge in [0.2, 0.25) is 0 Å². The molecule has 0 fully saturated rings. The topological polar surface area (TPSA) is 46.5 Å². The Morgan fingerprint density at radius 3 is 1.96 bits per heavy atom. The molecule has 1 atom stereocenters. The second kappa shape index (κ2) is 5.79. The van der Waals surface area contributed by atoms with Crippen molar-refractivity contribution in [3.05, 3.63) is 84.9 Å². The first-order valence-electron chi connectivity index (χ1n) is 7.64. The minimum Gasteiger partial charge on any atom is -0.421 e. The molecule has 0 aliphatic rings. The fourth-order valence-corrected chi connectivity index (χ4v) is 4.22. The van der Waals surface area contributed by atoms with E-state index < -0.39 is 7.60 Å². The first-order chi connectivity index (χ1) is 11.6. The molecule has 3 nitrogen and oxygen atoms in total. The lowest BCUT2D eigenvalue weighted by Gasteiger charge is -2.16. The van der Waals surface area contributed by atoms with Gasteiger partial charge in [0.15, 0.2) is 0 Å². The molecular weight excluding hydrogens is 319 g/mol. The van der Waals surface area contributed by atoms with E-state index in [4.69, 9.17) is 4.52 Å². The van der Waals surface area contributed by atoms with Crippen LogP contribution in [0.5, 0.6) is 5.75 Å². The number of rotatable bonds is 3. The van der Waals surface area contributed by atoms with E-state index in [0.717, 1.165) is 21.5 Å². The molecule has 0 bridgehead atoms. The normalized spacial score (nSPS) is 13.7. The van der Waals surface area contributed by atoms with Crippen LogP contribution in [0.2, 0.25) is 0 Å². The predicted molar refractivity (Wildman–Crippen MR) is 98.0 cm³/mol. The highest BCUT2D eigenvalue weighted by Crippen LogP contribution is 2.45. The molecule has 24 heavy (non-hydrogen) atoms. The Bertz CT molecular complexity index is 1080. The van der Waals surface area contributed by atoms with Gasteiger partial charge in [0.1, 0.15) is 5.75 Å². The van der Waals surface area contributed by atoms with Crippen molar-refractivity contribution in [1.29, 1.82) is 0 Å². The standard InChI is InChI=1S/C20H15O3P/c21-24(22,20-14-6-10-16-8-2-4-12-18(16)20)23-19-13-5-9-15-7-1-3-11-17(15)19/h1-14H,(H,21,22). The third-order valence-electron chi connectivity index (χ3n) is 4.04. The summed E-state index contributed by atoms with van der Waals surface area (Å²) in [6, 6.07) is 26.0. The van der Waals surface area contributed by atoms with Crippen LogP contribution >= 0.6 is 7.60 Å². The van der Waals surface area contributed by atoms with Gasteiger partial charge in [-0.15, -0.1) is 0 Å². The average molecular weight is 334 g/mol. The second-order valence-corrected chi connectivity index (χ2v) is 7.29. The zero-order valence-corrected chi connectivity index (χ0v) is 13.7. The van der Waals surface area contributed by atoms with E-state index in [9.17, 15) is 9.46 Å². The highest BCUT2D eigenvalue weighted by molar-refractivity contribution is 7.62. The Hall–Kier alpha value is -2.61. The summed E-state index contributed by atoms with van der Waals surface area (Å²) in [6.07, 6.45) is 0. The van der Waals surface area contributed by atoms with Gasteiger partial charge in [-0.05, 0) is 28.3 Å². The molecule has 0 heterocycles. The van der Waals surface area contributed by atoms with Crippen molar-refractivity contribution in [3.63, 3.8) is 0 Å². The molecule has 0 aliphatic heterocycles. The third kappa shape index (κ3) is 2.58. The van der Waals surface area contributed by atoms with Gasteiger partial charge in [-0.2, -0.15) is 0 Å². The lowest BCUT2D eigenvalue weighted by atomic mass is 10.1. The summed E-state index contributed by atoms with van der Waals surface area (Å²) in [5.41, 5.74) is 0. The Morgan fingerprint density at radius 2 is 1.21 bits per heavy atom. The van der Waals surface area contributed by atoms with E-state index in [-0.39, 0.29) is 0 Å². The zero-order chi connectivity index (χ0) is 16.6. The Morgan fingerprint density at radius 1 is 0.667 bits per heavy atom. The predicted octanol–water partition coefficient (Wildman–Crippen LogP) is 4.88. The highest BCUT2D eigenvalue weighted by Gasteiger charge is 2.27. The quantitative estimate of drug-likeness (QED) is 0.543. The Labute approximate surface area is 139 Å². The second-order valence-electron chi connectivity index (χ2n) is 5.59. The van der Waals surface area contributed by atoms with Crippen molar-refractivity contribution in [3.8, 4) is 5.75 Å². The maximum absolute atomic E-state index is 13.0. The molecule has 1 N–H and O–H groups in total. The van der Waals surface area contributed by atoms with Crippen LogP contribution in [0.25, 0.3) is 21.5 Å². The first kappa shape index (κ1) is 14.9. The summed E-state index contributed by atoms with van der Waals surface area (Å²) in [7, 11) is -4.02. The molecular formula is C20H15O3P. The largest absolute Gasteiger partial charge is 0.421 e. The highest BCUT2D eigenvalue weighted by atomic mass is 31.2. The maximum Gasteiger partial charge on any atom is 0.408 e. The van der Waals surface area contributed by atoms with Gasteiger partial charge in [0, 0.05) is 5.39 Å². The van der Waals surface area contributed by atoms with Crippen molar-refractivity contribution in [2.75, 3.05) is 0 Å². The number of benzene rings is 4. The van der Waals surface area contributed by atoms with Crippen molar-refractivity contribution in [2.45, 2.75) is 0 Å². The third-order valence-corrected chi connectivity index (χ3v) is 5.49. The van der Waals surface area contributed by atoms with Gasteiger partial charge in [-0.3, -0.25) is 0 Å². The molecule has 4 aromatic carbocycles. The molecule has 1 unspecified atom stereocenters. The molecule has 0 saturated heterocycles. The first-order valence-corrected chi connectivity index (χ1v) is 9.21. The van der Waals surface area contributed by atoms with Crippen LogP contribution < -0.4 is 9.83 Å². The molecule has 0 amide bonds. The van der Waals surface area contributed by atoms with Crippen molar-refractivity contribution in [2.24, 2.45) is 0 Å². The van der Waals surface area contributed by atoms with E-state index >= 15 is 0 Å². The van der Waals surface area contributed by atoms with Crippen LogP contribution in [0.4, 0.5) is 0 Å². The van der Waals surface area contributed by atoms with Crippen molar-refractivity contribution >= 4 is 34.4 Å². The van der Waals surface area contributed by atoms with E-state index in [1.807, 2.05) is 66.7 Å². The van der Waals surface area contributed by atoms with Crippen molar-refractivity contribution < 1.29 is 14.0 Å². The molecule has 118 valence electrons. The van der Waals surface area contributed by atoms with Crippen LogP contribution in [-0.2, 0) is 4.57 Å². The van der Waals surface area contributed by atoms with Gasteiger partial charge in [-0.25, -0.2) is 4.57 Å². The molecule has 0 aliphatic carbocycles. The van der Waals surface area contributed by atoms with Crippen LogP contribution in [0.1, 0.15) is 0 Å². The average Bonchev–Trinajstić information content (AvgIpc) is 2.61. The molecule has 4 rings (SSSR count). The number of fused-ring (bicyclic) bond motifs is 2. The molecule has 4 aromatic rings. The smallest absolute Gasteiger partial charge is 0.408 e. The van der Waals surface area contributed by atoms with Gasteiger partial charge in [-0.1, -0.05) is 72.8 Å². The lowest BCUT2D eigenvalue weighted by molar-refractivity contribution is 0.395. The summed E-state index contributed by atoms with van der Waals surface area (Å²) in [5, 5.41) is 3.73. The van der Waals surface area contributed by atoms with E-state index in [1.54, 1.807) is 18.2 Å². The molecule has 0 spiro atoms. The summed E-state index contributed by atoms with van der Waals surface area (Å²) in [4.78, 5) is 10.6. The monoisotopic (exact) mass is 334 g/mol. The minimum atomic E-state index is -4.02. The molecule has 0 radical (unpaired) electrons. The number of hydrogen-bond acceptors (Lipinski definition) is 2. The van der Waals surface area contributed by atoms with Gasteiger partial charge in [0.25, 0.3) is 0 Å². The van der Waals surface area contributed by atoms with Crippen LogP contribution in [0.3, 0.4) is 0 Å². The Balaban J connectivity index is 1.84. The van der Waals surface area contributed by atoms with E-state index in [0.29, 0.717) is 11.1 Å². The summed E-state index contributed by atoms with van der Waals surface area (Å²) < 4.78 is 18.6. The minimum absolute atomic E-state index is 0.313. The van der Waals surface area contributed by atoms with Crippen LogP contribution in [0, 0.1) is 0 Å². The zero-order valence-electron chi connectivity index (χ0n) is 12.8. The van der Waals surface area contributed by atoms with E-state index in [1.165, 1.54) is 0 Å². The molecule has 4 heteroatoms. The van der Waals surface area contributed by atoms with E-state index in [2.05, 4.69) is 0 Å². The fraction of sp³-hybridized carbons (Fsp3) is 0. The summed E-state index contributed by atoms with van der Waals surface area (Å²) in [6.45, 7) is 0. The fourth-order valence-electron chi connectivity index (χ4n) is 2.91. The van der Waals surface area contributed by atoms with Crippen LogP contribution in [-0.4, -0.2) is 4.89 Å². The van der Waals surface area contributed by atoms with Crippen molar-refractivity contribution in [1.82, 2.24) is 0 Å². The lowest BCUT2D eigenvalue weighted by Crippen LogP contribution is -2.10. The molecule has 0 saturated carbocycles. The summed E-state index contributed by atoms with van der Waals surface area (Å²) >= 11 is 0. The van der Waals surface area contributed by atoms with Gasteiger partial charge >= 0.3 is 7.60 Å². The molecule has 0 aromatic heterocycles. The Kier molecular flexibility index (Phi) is 3.61. The van der Waals surface area contributed by atoms with Gasteiger partial charge < -0.3 is 9.42 Å². The SMILES string of the molecule is O=P(O)(Oc1cccc2ccccc12)c1cccc2ccccc12. The van der Waals surface area contributed by atoms with Crippen LogP contribution in [0.15, 0.2) is 84.9 Å². The summed E-state index contributed by atoms with van der Waals surface area (Å²) in [5.74, 6) is 0.409.